The lowest BCUT2D eigenvalue weighted by atomic mass is 10.1. The van der Waals surface area contributed by atoms with Crippen LogP contribution in [0.5, 0.6) is 0 Å². The Morgan fingerprint density at radius 1 is 1.14 bits per heavy atom. The first-order valence-corrected chi connectivity index (χ1v) is 9.66. The van der Waals surface area contributed by atoms with Crippen molar-refractivity contribution in [3.8, 4) is 0 Å². The van der Waals surface area contributed by atoms with Crippen LogP contribution < -0.4 is 5.32 Å². The molecule has 29 heavy (non-hydrogen) atoms. The highest BCUT2D eigenvalue weighted by molar-refractivity contribution is 7.00. The average molecular weight is 411 g/mol. The SMILES string of the molecule is CCOCc1c(C(=O)OCC(=O)Nc2cccc3nsnc23)oc2ccccc12. The van der Waals surface area contributed by atoms with Crippen LogP contribution >= 0.6 is 11.7 Å². The Morgan fingerprint density at radius 3 is 2.86 bits per heavy atom. The number of para-hydroxylation sites is 1. The fraction of sp³-hybridized carbons (Fsp3) is 0.200. The third-order valence-electron chi connectivity index (χ3n) is 4.23. The standard InChI is InChI=1S/C20H17N3O5S/c1-2-26-10-13-12-6-3-4-9-16(12)28-19(13)20(25)27-11-17(24)21-14-7-5-8-15-18(14)23-29-22-15/h3-9H,2,10-11H2,1H3,(H,21,24). The third kappa shape index (κ3) is 3.96. The number of amides is 1. The molecule has 1 amide bonds. The molecule has 0 atom stereocenters. The van der Waals surface area contributed by atoms with Crippen molar-refractivity contribution in [3.05, 3.63) is 53.8 Å². The van der Waals surface area contributed by atoms with E-state index >= 15 is 0 Å². The summed E-state index contributed by atoms with van der Waals surface area (Å²) in [6.07, 6.45) is 0. The Hall–Kier alpha value is -3.30. The van der Waals surface area contributed by atoms with E-state index in [9.17, 15) is 9.59 Å². The van der Waals surface area contributed by atoms with Crippen LogP contribution in [0.15, 0.2) is 46.9 Å². The van der Waals surface area contributed by atoms with E-state index in [0.717, 1.165) is 17.1 Å². The molecule has 8 nitrogen and oxygen atoms in total. The summed E-state index contributed by atoms with van der Waals surface area (Å²) in [4.78, 5) is 24.8. The van der Waals surface area contributed by atoms with Gasteiger partial charge in [-0.25, -0.2) is 4.79 Å². The van der Waals surface area contributed by atoms with E-state index in [2.05, 4.69) is 14.1 Å². The van der Waals surface area contributed by atoms with Crippen molar-refractivity contribution in [1.29, 1.82) is 0 Å². The molecule has 9 heteroatoms. The van der Waals surface area contributed by atoms with Crippen LogP contribution in [0.25, 0.3) is 22.0 Å². The minimum Gasteiger partial charge on any atom is -0.450 e. The number of hydrogen-bond donors (Lipinski definition) is 1. The number of esters is 1. The number of nitrogens with zero attached hydrogens (tertiary/aromatic N) is 2. The Kier molecular flexibility index (Phi) is 5.50. The zero-order valence-electron chi connectivity index (χ0n) is 15.5. The van der Waals surface area contributed by atoms with Crippen molar-refractivity contribution in [2.45, 2.75) is 13.5 Å². The number of anilines is 1. The number of rotatable bonds is 7. The predicted octanol–water partition coefficient (Wildman–Crippen LogP) is 3.77. The van der Waals surface area contributed by atoms with Gasteiger partial charge in [0.15, 0.2) is 6.61 Å². The highest BCUT2D eigenvalue weighted by Crippen LogP contribution is 2.27. The first-order valence-electron chi connectivity index (χ1n) is 8.93. The second kappa shape index (κ2) is 8.38. The normalized spacial score (nSPS) is 11.1. The van der Waals surface area contributed by atoms with Gasteiger partial charge in [0.25, 0.3) is 5.91 Å². The van der Waals surface area contributed by atoms with Crippen LogP contribution in [0.4, 0.5) is 5.69 Å². The maximum absolute atomic E-state index is 12.6. The summed E-state index contributed by atoms with van der Waals surface area (Å²) in [5, 5.41) is 3.46. The molecule has 0 unspecified atom stereocenters. The lowest BCUT2D eigenvalue weighted by molar-refractivity contribution is -0.119. The highest BCUT2D eigenvalue weighted by atomic mass is 32.1. The fourth-order valence-electron chi connectivity index (χ4n) is 2.90. The molecule has 4 rings (SSSR count). The largest absolute Gasteiger partial charge is 0.450 e. The number of carbonyl (C=O) groups excluding carboxylic acids is 2. The zero-order valence-corrected chi connectivity index (χ0v) is 16.3. The summed E-state index contributed by atoms with van der Waals surface area (Å²) in [6, 6.07) is 12.5. The van der Waals surface area contributed by atoms with Crippen LogP contribution in [0.1, 0.15) is 23.0 Å². The molecule has 0 fully saturated rings. The number of furan rings is 1. The van der Waals surface area contributed by atoms with Crippen molar-refractivity contribution in [3.63, 3.8) is 0 Å². The lowest BCUT2D eigenvalue weighted by Crippen LogP contribution is -2.21. The van der Waals surface area contributed by atoms with E-state index in [-0.39, 0.29) is 12.4 Å². The van der Waals surface area contributed by atoms with Gasteiger partial charge >= 0.3 is 5.97 Å². The molecule has 148 valence electrons. The van der Waals surface area contributed by atoms with Gasteiger partial charge in [0.1, 0.15) is 16.6 Å². The first-order chi connectivity index (χ1) is 14.2. The highest BCUT2D eigenvalue weighted by Gasteiger charge is 2.22. The van der Waals surface area contributed by atoms with E-state index in [0.29, 0.717) is 34.5 Å². The van der Waals surface area contributed by atoms with Gasteiger partial charge in [-0.15, -0.1) is 0 Å². The molecular formula is C20H17N3O5S. The molecule has 0 aliphatic rings. The lowest BCUT2D eigenvalue weighted by Gasteiger charge is -2.07. The van der Waals surface area contributed by atoms with Gasteiger partial charge in [0.05, 0.1) is 24.0 Å². The zero-order chi connectivity index (χ0) is 20.2. The number of aromatic nitrogens is 2. The van der Waals surface area contributed by atoms with Gasteiger partial charge in [0.2, 0.25) is 5.76 Å². The molecule has 0 spiro atoms. The van der Waals surface area contributed by atoms with Gasteiger partial charge in [-0.05, 0) is 25.1 Å². The van der Waals surface area contributed by atoms with Crippen molar-refractivity contribution in [2.24, 2.45) is 0 Å². The van der Waals surface area contributed by atoms with Crippen LogP contribution in [-0.4, -0.2) is 33.8 Å². The Bertz CT molecular complexity index is 1180. The van der Waals surface area contributed by atoms with E-state index in [1.165, 1.54) is 0 Å². The molecular weight excluding hydrogens is 394 g/mol. The molecule has 2 aromatic carbocycles. The molecule has 0 radical (unpaired) electrons. The van der Waals surface area contributed by atoms with E-state index in [1.54, 1.807) is 24.3 Å². The quantitative estimate of drug-likeness (QED) is 0.462. The number of carbonyl (C=O) groups is 2. The maximum Gasteiger partial charge on any atom is 0.375 e. The van der Waals surface area contributed by atoms with Gasteiger partial charge in [0, 0.05) is 17.6 Å². The van der Waals surface area contributed by atoms with Crippen molar-refractivity contribution < 1.29 is 23.5 Å². The minimum absolute atomic E-state index is 0.0400. The van der Waals surface area contributed by atoms with Gasteiger partial charge in [-0.3, -0.25) is 4.79 Å². The fourth-order valence-corrected chi connectivity index (χ4v) is 3.45. The number of benzene rings is 2. The Balaban J connectivity index is 1.47. The van der Waals surface area contributed by atoms with Crippen molar-refractivity contribution >= 4 is 51.3 Å². The number of ether oxygens (including phenoxy) is 2. The van der Waals surface area contributed by atoms with Gasteiger partial charge in [-0.1, -0.05) is 24.3 Å². The molecule has 0 aliphatic carbocycles. The smallest absolute Gasteiger partial charge is 0.375 e. The maximum atomic E-state index is 12.6. The van der Waals surface area contributed by atoms with Gasteiger partial charge in [-0.2, -0.15) is 8.75 Å². The molecule has 2 heterocycles. The summed E-state index contributed by atoms with van der Waals surface area (Å²) < 4.78 is 24.6. The molecule has 1 N–H and O–H groups in total. The molecule has 2 aromatic heterocycles. The minimum atomic E-state index is -0.723. The molecule has 0 aliphatic heterocycles. The average Bonchev–Trinajstić information content (AvgIpc) is 3.36. The second-order valence-electron chi connectivity index (χ2n) is 6.10. The van der Waals surface area contributed by atoms with E-state index in [4.69, 9.17) is 13.9 Å². The Morgan fingerprint density at radius 2 is 2.00 bits per heavy atom. The van der Waals surface area contributed by atoms with E-state index < -0.39 is 18.5 Å². The summed E-state index contributed by atoms with van der Waals surface area (Å²) in [6.45, 7) is 2.11. The van der Waals surface area contributed by atoms with Crippen LogP contribution in [-0.2, 0) is 20.9 Å². The number of nitrogens with one attached hydrogen (secondary N) is 1. The molecule has 0 saturated carbocycles. The van der Waals surface area contributed by atoms with Crippen molar-refractivity contribution in [2.75, 3.05) is 18.5 Å². The molecule has 0 saturated heterocycles. The Labute approximate surface area is 169 Å². The summed E-state index contributed by atoms with van der Waals surface area (Å²) in [7, 11) is 0. The van der Waals surface area contributed by atoms with Gasteiger partial charge < -0.3 is 19.2 Å². The second-order valence-corrected chi connectivity index (χ2v) is 6.63. The van der Waals surface area contributed by atoms with Crippen LogP contribution in [0.3, 0.4) is 0 Å². The predicted molar refractivity (Wildman–Crippen MR) is 108 cm³/mol. The number of hydrogen-bond acceptors (Lipinski definition) is 8. The van der Waals surface area contributed by atoms with E-state index in [1.807, 2.05) is 25.1 Å². The number of fused-ring (bicyclic) bond motifs is 2. The topological polar surface area (TPSA) is 104 Å². The van der Waals surface area contributed by atoms with Crippen LogP contribution in [0, 0.1) is 0 Å². The van der Waals surface area contributed by atoms with Crippen molar-refractivity contribution in [1.82, 2.24) is 8.75 Å². The molecule has 0 bridgehead atoms. The summed E-state index contributed by atoms with van der Waals surface area (Å²) >= 11 is 1.06. The van der Waals surface area contributed by atoms with Crippen LogP contribution in [0.2, 0.25) is 0 Å². The molecule has 4 aromatic rings. The monoisotopic (exact) mass is 411 g/mol. The third-order valence-corrected chi connectivity index (χ3v) is 4.77. The summed E-state index contributed by atoms with van der Waals surface area (Å²) in [5.74, 6) is -1.17. The summed E-state index contributed by atoms with van der Waals surface area (Å²) in [5.41, 5.74) is 2.95. The first kappa shape index (κ1) is 19.0.